The van der Waals surface area contributed by atoms with E-state index in [2.05, 4.69) is 20.8 Å². The van der Waals surface area contributed by atoms with Gasteiger partial charge in [-0.3, -0.25) is 0 Å². The van der Waals surface area contributed by atoms with E-state index in [1.54, 1.807) is 24.3 Å². The molecule has 0 fully saturated rings. The summed E-state index contributed by atoms with van der Waals surface area (Å²) in [5.41, 5.74) is 1.69. The van der Waals surface area contributed by atoms with Gasteiger partial charge in [-0.2, -0.15) is 13.2 Å². The summed E-state index contributed by atoms with van der Waals surface area (Å²) in [6.07, 6.45) is -4.38. The normalized spacial score (nSPS) is 13.2. The molecule has 0 nitrogen and oxygen atoms in total. The van der Waals surface area contributed by atoms with E-state index in [-0.39, 0.29) is 16.4 Å². The average Bonchev–Trinajstić information content (AvgIpc) is 2.44. The molecule has 2 aromatic rings. The second-order valence-electron chi connectivity index (χ2n) is 8.34. The van der Waals surface area contributed by atoms with Crippen LogP contribution in [-0.4, -0.2) is 0 Å². The summed E-state index contributed by atoms with van der Waals surface area (Å²) in [6, 6.07) is 12.1. The molecule has 0 aliphatic carbocycles. The van der Waals surface area contributed by atoms with Crippen LogP contribution in [0, 0.1) is 0 Å². The van der Waals surface area contributed by atoms with Crippen LogP contribution in [-0.2, 0) is 17.0 Å². The molecule has 0 saturated carbocycles. The Balaban J connectivity index is 2.58. The zero-order valence-electron chi connectivity index (χ0n) is 15.2. The standard InChI is InChI=1S/C21H25F3/c1-19(2,3)15-9-7-14(8-10-15)17-12-11-16(20(4,5)6)13-18(17)21(22,23)24/h7-13H,1-6H3. The minimum atomic E-state index is -4.38. The number of benzene rings is 2. The molecule has 0 aliphatic heterocycles. The first-order valence-electron chi connectivity index (χ1n) is 8.13. The van der Waals surface area contributed by atoms with E-state index in [1.807, 2.05) is 32.9 Å². The summed E-state index contributed by atoms with van der Waals surface area (Å²) >= 11 is 0. The predicted octanol–water partition coefficient (Wildman–Crippen LogP) is 6.97. The molecule has 0 radical (unpaired) electrons. The largest absolute Gasteiger partial charge is 0.417 e. The maximum atomic E-state index is 13.6. The van der Waals surface area contributed by atoms with Gasteiger partial charge in [0.1, 0.15) is 0 Å². The highest BCUT2D eigenvalue weighted by molar-refractivity contribution is 5.69. The third kappa shape index (κ3) is 4.00. The summed E-state index contributed by atoms with van der Waals surface area (Å²) in [6.45, 7) is 12.0. The fourth-order valence-corrected chi connectivity index (χ4v) is 2.65. The second-order valence-corrected chi connectivity index (χ2v) is 8.34. The van der Waals surface area contributed by atoms with Crippen LogP contribution in [0.2, 0.25) is 0 Å². The van der Waals surface area contributed by atoms with Crippen molar-refractivity contribution >= 4 is 0 Å². The molecule has 0 aromatic heterocycles. The van der Waals surface area contributed by atoms with E-state index >= 15 is 0 Å². The summed E-state index contributed by atoms with van der Waals surface area (Å²) < 4.78 is 40.7. The molecule has 0 N–H and O–H groups in total. The van der Waals surface area contributed by atoms with Crippen LogP contribution < -0.4 is 0 Å². The molecule has 0 spiro atoms. The highest BCUT2D eigenvalue weighted by Gasteiger charge is 2.35. The van der Waals surface area contributed by atoms with Crippen LogP contribution in [0.15, 0.2) is 42.5 Å². The van der Waals surface area contributed by atoms with Crippen molar-refractivity contribution in [3.63, 3.8) is 0 Å². The third-order valence-corrected chi connectivity index (χ3v) is 4.25. The smallest absolute Gasteiger partial charge is 0.166 e. The van der Waals surface area contributed by atoms with E-state index in [1.165, 1.54) is 6.07 Å². The Bertz CT molecular complexity index is 709. The minimum Gasteiger partial charge on any atom is -0.166 e. The molecule has 0 atom stereocenters. The summed E-state index contributed by atoms with van der Waals surface area (Å²) in [5.74, 6) is 0. The van der Waals surface area contributed by atoms with Gasteiger partial charge in [-0.15, -0.1) is 0 Å². The number of alkyl halides is 3. The van der Waals surface area contributed by atoms with Crippen LogP contribution in [0.3, 0.4) is 0 Å². The van der Waals surface area contributed by atoms with Crippen molar-refractivity contribution in [1.82, 2.24) is 0 Å². The number of hydrogen-bond acceptors (Lipinski definition) is 0. The van der Waals surface area contributed by atoms with Gasteiger partial charge in [0.15, 0.2) is 0 Å². The van der Waals surface area contributed by atoms with E-state index < -0.39 is 11.7 Å². The highest BCUT2D eigenvalue weighted by Crippen LogP contribution is 2.40. The summed E-state index contributed by atoms with van der Waals surface area (Å²) in [4.78, 5) is 0. The lowest BCUT2D eigenvalue weighted by atomic mass is 9.83. The topological polar surface area (TPSA) is 0 Å². The Kier molecular flexibility index (Phi) is 4.60. The molecular formula is C21H25F3. The molecule has 130 valence electrons. The van der Waals surface area contributed by atoms with Gasteiger partial charge in [-0.05, 0) is 39.2 Å². The molecule has 0 heterocycles. The van der Waals surface area contributed by atoms with Crippen LogP contribution in [0.4, 0.5) is 13.2 Å². The van der Waals surface area contributed by atoms with Gasteiger partial charge in [0, 0.05) is 0 Å². The molecule has 0 unspecified atom stereocenters. The number of hydrogen-bond donors (Lipinski definition) is 0. The first-order chi connectivity index (χ1) is 10.8. The molecule has 24 heavy (non-hydrogen) atoms. The Morgan fingerprint density at radius 3 is 1.50 bits per heavy atom. The van der Waals surface area contributed by atoms with Gasteiger partial charge in [-0.1, -0.05) is 77.9 Å². The van der Waals surface area contributed by atoms with E-state index in [9.17, 15) is 13.2 Å². The maximum absolute atomic E-state index is 13.6. The Labute approximate surface area is 142 Å². The Hall–Kier alpha value is -1.77. The SMILES string of the molecule is CC(C)(C)c1ccc(-c2ccc(C(C)(C)C)cc2C(F)(F)F)cc1. The van der Waals surface area contributed by atoms with Crippen molar-refractivity contribution in [2.45, 2.75) is 58.5 Å². The Morgan fingerprint density at radius 1 is 0.625 bits per heavy atom. The minimum absolute atomic E-state index is 0.0263. The van der Waals surface area contributed by atoms with Crippen LogP contribution in [0.5, 0.6) is 0 Å². The van der Waals surface area contributed by atoms with Crippen molar-refractivity contribution in [3.05, 3.63) is 59.2 Å². The molecular weight excluding hydrogens is 309 g/mol. The van der Waals surface area contributed by atoms with E-state index in [4.69, 9.17) is 0 Å². The highest BCUT2D eigenvalue weighted by atomic mass is 19.4. The average molecular weight is 334 g/mol. The van der Waals surface area contributed by atoms with Crippen molar-refractivity contribution in [2.75, 3.05) is 0 Å². The van der Waals surface area contributed by atoms with Crippen molar-refractivity contribution in [3.8, 4) is 11.1 Å². The molecule has 2 aromatic carbocycles. The van der Waals surface area contributed by atoms with E-state index in [0.29, 0.717) is 11.1 Å². The van der Waals surface area contributed by atoms with Gasteiger partial charge in [0.05, 0.1) is 5.56 Å². The fraction of sp³-hybridized carbons (Fsp3) is 0.429. The van der Waals surface area contributed by atoms with Crippen molar-refractivity contribution < 1.29 is 13.2 Å². The third-order valence-electron chi connectivity index (χ3n) is 4.25. The van der Waals surface area contributed by atoms with E-state index in [0.717, 1.165) is 5.56 Å². The molecule has 0 bridgehead atoms. The lowest BCUT2D eigenvalue weighted by Gasteiger charge is -2.23. The van der Waals surface area contributed by atoms with Crippen LogP contribution in [0.1, 0.15) is 58.2 Å². The van der Waals surface area contributed by atoms with Crippen LogP contribution in [0.25, 0.3) is 11.1 Å². The fourth-order valence-electron chi connectivity index (χ4n) is 2.65. The van der Waals surface area contributed by atoms with Gasteiger partial charge >= 0.3 is 6.18 Å². The van der Waals surface area contributed by atoms with Crippen molar-refractivity contribution in [1.29, 1.82) is 0 Å². The van der Waals surface area contributed by atoms with Crippen LogP contribution >= 0.6 is 0 Å². The van der Waals surface area contributed by atoms with Gasteiger partial charge in [-0.25, -0.2) is 0 Å². The lowest BCUT2D eigenvalue weighted by molar-refractivity contribution is -0.137. The monoisotopic (exact) mass is 334 g/mol. The Morgan fingerprint density at radius 2 is 1.08 bits per heavy atom. The first kappa shape index (κ1) is 18.6. The first-order valence-corrected chi connectivity index (χ1v) is 8.13. The second kappa shape index (κ2) is 5.94. The molecule has 0 saturated heterocycles. The van der Waals surface area contributed by atoms with Crippen molar-refractivity contribution in [2.24, 2.45) is 0 Å². The predicted molar refractivity (Wildman–Crippen MR) is 94.3 cm³/mol. The molecule has 0 amide bonds. The molecule has 0 aliphatic rings. The van der Waals surface area contributed by atoms with Gasteiger partial charge in [0.2, 0.25) is 0 Å². The van der Waals surface area contributed by atoms with Gasteiger partial charge in [0.25, 0.3) is 0 Å². The quantitative estimate of drug-likeness (QED) is 0.528. The number of rotatable bonds is 1. The zero-order chi connectivity index (χ0) is 18.3. The molecule has 2 rings (SSSR count). The summed E-state index contributed by atoms with van der Waals surface area (Å²) in [5, 5.41) is 0. The molecule has 3 heteroatoms. The van der Waals surface area contributed by atoms with Gasteiger partial charge < -0.3 is 0 Å². The zero-order valence-corrected chi connectivity index (χ0v) is 15.2. The number of halogens is 3. The summed E-state index contributed by atoms with van der Waals surface area (Å²) in [7, 11) is 0. The maximum Gasteiger partial charge on any atom is 0.417 e. The lowest BCUT2D eigenvalue weighted by Crippen LogP contribution is -2.15.